The number of rotatable bonds is 3. The fourth-order valence-electron chi connectivity index (χ4n) is 4.23. The minimum atomic E-state index is -0.644. The Bertz CT molecular complexity index is 1290. The molecule has 7 heteroatoms. The summed E-state index contributed by atoms with van der Waals surface area (Å²) in [6.07, 6.45) is 0.722. The summed E-state index contributed by atoms with van der Waals surface area (Å²) in [6.45, 7) is 1.02. The van der Waals surface area contributed by atoms with E-state index in [9.17, 15) is 18.4 Å². The number of hydrogen-bond donors (Lipinski definition) is 0. The average molecular weight is 451 g/mol. The van der Waals surface area contributed by atoms with Gasteiger partial charge in [-0.2, -0.15) is 0 Å². The Labute approximate surface area is 188 Å². The lowest BCUT2D eigenvalue weighted by Gasteiger charge is -2.31. The molecule has 0 aromatic heterocycles. The van der Waals surface area contributed by atoms with Crippen LogP contribution in [0.3, 0.4) is 0 Å². The van der Waals surface area contributed by atoms with E-state index in [0.717, 1.165) is 23.0 Å². The molecule has 0 aliphatic carbocycles. The van der Waals surface area contributed by atoms with E-state index in [1.165, 1.54) is 42.0 Å². The largest absolute Gasteiger partial charge is 0.362 e. The molecule has 160 valence electrons. The lowest BCUT2D eigenvalue weighted by molar-refractivity contribution is -0.120. The van der Waals surface area contributed by atoms with Crippen molar-refractivity contribution < 1.29 is 18.4 Å². The summed E-state index contributed by atoms with van der Waals surface area (Å²) < 4.78 is 27.2. The van der Waals surface area contributed by atoms with Crippen LogP contribution in [0.25, 0.3) is 5.57 Å². The van der Waals surface area contributed by atoms with Crippen molar-refractivity contribution in [1.82, 2.24) is 4.90 Å². The van der Waals surface area contributed by atoms with Crippen molar-refractivity contribution in [2.24, 2.45) is 0 Å². The lowest BCUT2D eigenvalue weighted by atomic mass is 9.98. The zero-order valence-electron chi connectivity index (χ0n) is 16.8. The fourth-order valence-corrected chi connectivity index (χ4v) is 4.41. The maximum absolute atomic E-state index is 13.7. The minimum Gasteiger partial charge on any atom is -0.362 e. The number of carbonyl (C=O) groups is 2. The summed E-state index contributed by atoms with van der Waals surface area (Å²) in [7, 11) is 0. The van der Waals surface area contributed by atoms with Crippen molar-refractivity contribution in [3.05, 3.63) is 106 Å². The van der Waals surface area contributed by atoms with Crippen LogP contribution in [0.4, 0.5) is 14.5 Å². The Hall–Kier alpha value is -3.51. The molecule has 0 unspecified atom stereocenters. The van der Waals surface area contributed by atoms with Crippen LogP contribution in [0, 0.1) is 11.6 Å². The van der Waals surface area contributed by atoms with Gasteiger partial charge in [0.2, 0.25) is 0 Å². The Kier molecular flexibility index (Phi) is 5.02. The molecule has 0 atom stereocenters. The first-order chi connectivity index (χ1) is 15.4. The number of anilines is 1. The van der Waals surface area contributed by atoms with E-state index in [-0.39, 0.29) is 22.0 Å². The van der Waals surface area contributed by atoms with Crippen LogP contribution in [-0.4, -0.2) is 23.3 Å². The van der Waals surface area contributed by atoms with E-state index in [4.69, 9.17) is 11.6 Å². The molecule has 0 saturated heterocycles. The Morgan fingerprint density at radius 3 is 2.28 bits per heavy atom. The number of carbonyl (C=O) groups excluding carboxylic acids is 2. The Balaban J connectivity index is 1.62. The minimum absolute atomic E-state index is 0.179. The van der Waals surface area contributed by atoms with E-state index in [2.05, 4.69) is 6.07 Å². The van der Waals surface area contributed by atoms with Gasteiger partial charge in [0.1, 0.15) is 17.3 Å². The molecule has 4 nitrogen and oxygen atoms in total. The molecule has 5 rings (SSSR count). The topological polar surface area (TPSA) is 40.6 Å². The molecular formula is C25H17ClF2N2O2. The number of hydrogen-bond acceptors (Lipinski definition) is 3. The standard InChI is InChI=1S/C25H17ClF2N2O2/c26-20-13-19(9-10-21(20)28)30-24(31)22(16-5-7-18(27)8-6-16)23(25(30)32)29-12-11-15-3-1-2-4-17(15)14-29/h1-10,13H,11-12,14H2. The molecule has 0 radical (unpaired) electrons. The third-order valence-corrected chi connectivity index (χ3v) is 6.09. The van der Waals surface area contributed by atoms with E-state index in [0.29, 0.717) is 18.7 Å². The first-order valence-corrected chi connectivity index (χ1v) is 10.5. The lowest BCUT2D eigenvalue weighted by Crippen LogP contribution is -2.37. The zero-order chi connectivity index (χ0) is 22.4. The van der Waals surface area contributed by atoms with E-state index < -0.39 is 23.4 Å². The molecule has 2 aliphatic rings. The first kappa shape index (κ1) is 20.4. The number of amides is 2. The van der Waals surface area contributed by atoms with Gasteiger partial charge in [0.15, 0.2) is 0 Å². The van der Waals surface area contributed by atoms with Crippen LogP contribution in [0.15, 0.2) is 72.4 Å². The second-order valence-corrected chi connectivity index (χ2v) is 8.12. The number of benzene rings is 3. The molecule has 2 aliphatic heterocycles. The van der Waals surface area contributed by atoms with Gasteiger partial charge in [-0.1, -0.05) is 48.0 Å². The van der Waals surface area contributed by atoms with Gasteiger partial charge in [-0.3, -0.25) is 9.59 Å². The fraction of sp³-hybridized carbons (Fsp3) is 0.120. The Morgan fingerprint density at radius 2 is 1.56 bits per heavy atom. The highest BCUT2D eigenvalue weighted by Gasteiger charge is 2.43. The molecule has 2 heterocycles. The van der Waals surface area contributed by atoms with Gasteiger partial charge >= 0.3 is 0 Å². The van der Waals surface area contributed by atoms with Gasteiger partial charge in [0, 0.05) is 13.1 Å². The molecule has 3 aromatic carbocycles. The van der Waals surface area contributed by atoms with Crippen LogP contribution < -0.4 is 4.90 Å². The molecule has 0 bridgehead atoms. The highest BCUT2D eigenvalue weighted by molar-refractivity contribution is 6.45. The summed E-state index contributed by atoms with van der Waals surface area (Å²) in [5.41, 5.74) is 3.33. The number of fused-ring (bicyclic) bond motifs is 1. The van der Waals surface area contributed by atoms with Crippen molar-refractivity contribution in [3.8, 4) is 0 Å². The van der Waals surface area contributed by atoms with Gasteiger partial charge in [0.25, 0.3) is 11.8 Å². The van der Waals surface area contributed by atoms with Crippen molar-refractivity contribution in [1.29, 1.82) is 0 Å². The normalized spacial score (nSPS) is 16.1. The molecule has 2 amide bonds. The molecule has 32 heavy (non-hydrogen) atoms. The highest BCUT2D eigenvalue weighted by atomic mass is 35.5. The van der Waals surface area contributed by atoms with Gasteiger partial charge in [-0.25, -0.2) is 13.7 Å². The molecule has 3 aromatic rings. The molecular weight excluding hydrogens is 434 g/mol. The third-order valence-electron chi connectivity index (χ3n) is 5.80. The first-order valence-electron chi connectivity index (χ1n) is 10.1. The van der Waals surface area contributed by atoms with Crippen molar-refractivity contribution in [2.45, 2.75) is 13.0 Å². The zero-order valence-corrected chi connectivity index (χ0v) is 17.6. The average Bonchev–Trinajstić information content (AvgIpc) is 3.06. The monoisotopic (exact) mass is 450 g/mol. The predicted molar refractivity (Wildman–Crippen MR) is 118 cm³/mol. The maximum atomic E-state index is 13.7. The highest BCUT2D eigenvalue weighted by Crippen LogP contribution is 2.37. The third kappa shape index (κ3) is 3.37. The van der Waals surface area contributed by atoms with E-state index in [1.54, 1.807) is 0 Å². The molecule has 0 spiro atoms. The van der Waals surface area contributed by atoms with Gasteiger partial charge in [0.05, 0.1) is 16.3 Å². The second-order valence-electron chi connectivity index (χ2n) is 7.71. The van der Waals surface area contributed by atoms with E-state index >= 15 is 0 Å². The van der Waals surface area contributed by atoms with Crippen molar-refractivity contribution >= 4 is 34.7 Å². The SMILES string of the molecule is O=C1C(c2ccc(F)cc2)=C(N2CCc3ccccc3C2)C(=O)N1c1ccc(F)c(Cl)c1. The predicted octanol–water partition coefficient (Wildman–Crippen LogP) is 4.96. The van der Waals surface area contributed by atoms with Crippen LogP contribution in [0.2, 0.25) is 5.02 Å². The summed E-state index contributed by atoms with van der Waals surface area (Å²) in [4.78, 5) is 29.9. The van der Waals surface area contributed by atoms with Gasteiger partial charge in [-0.05, 0) is 53.4 Å². The van der Waals surface area contributed by atoms with Gasteiger partial charge in [-0.15, -0.1) is 0 Å². The quantitative estimate of drug-likeness (QED) is 0.529. The second kappa shape index (κ2) is 7.88. The van der Waals surface area contributed by atoms with Crippen LogP contribution >= 0.6 is 11.6 Å². The summed E-state index contributed by atoms with van der Waals surface area (Å²) >= 11 is 5.91. The number of imide groups is 1. The smallest absolute Gasteiger partial charge is 0.282 e. The summed E-state index contributed by atoms with van der Waals surface area (Å²) in [5, 5.41) is -0.188. The Morgan fingerprint density at radius 1 is 0.844 bits per heavy atom. The molecule has 0 saturated carbocycles. The van der Waals surface area contributed by atoms with Crippen molar-refractivity contribution in [3.63, 3.8) is 0 Å². The number of nitrogens with zero attached hydrogens (tertiary/aromatic N) is 2. The summed E-state index contributed by atoms with van der Waals surface area (Å²) in [6, 6.07) is 17.1. The van der Waals surface area contributed by atoms with Crippen LogP contribution in [-0.2, 0) is 22.6 Å². The van der Waals surface area contributed by atoms with Crippen LogP contribution in [0.1, 0.15) is 16.7 Å². The van der Waals surface area contributed by atoms with Gasteiger partial charge < -0.3 is 4.90 Å². The maximum Gasteiger partial charge on any atom is 0.282 e. The van der Waals surface area contributed by atoms with Crippen LogP contribution in [0.5, 0.6) is 0 Å². The van der Waals surface area contributed by atoms with Crippen molar-refractivity contribution in [2.75, 3.05) is 11.4 Å². The van der Waals surface area contributed by atoms with E-state index in [1.807, 2.05) is 23.1 Å². The molecule has 0 fully saturated rings. The molecule has 0 N–H and O–H groups in total. The summed E-state index contributed by atoms with van der Waals surface area (Å²) in [5.74, 6) is -2.16. The number of halogens is 3.